The van der Waals surface area contributed by atoms with Crippen LogP contribution < -0.4 is 9.47 Å². The number of carboxylic acids is 1. The number of ether oxygens (including phenoxy) is 2. The number of nitrogens with zero attached hydrogens (tertiary/aromatic N) is 3. The lowest BCUT2D eigenvalue weighted by atomic mass is 10.1. The zero-order chi connectivity index (χ0) is 26.0. The van der Waals surface area contributed by atoms with Crippen molar-refractivity contribution in [1.82, 2.24) is 14.8 Å². The van der Waals surface area contributed by atoms with Gasteiger partial charge in [0.2, 0.25) is 0 Å². The van der Waals surface area contributed by atoms with Crippen molar-refractivity contribution in [2.24, 2.45) is 0 Å². The Hall–Kier alpha value is -3.56. The van der Waals surface area contributed by atoms with E-state index in [-0.39, 0.29) is 0 Å². The Labute approximate surface area is 201 Å². The molecule has 0 radical (unpaired) electrons. The van der Waals surface area contributed by atoms with E-state index in [1.165, 1.54) is 26.0 Å². The number of benzene rings is 2. The van der Waals surface area contributed by atoms with E-state index in [2.05, 4.69) is 10.1 Å². The van der Waals surface area contributed by atoms with E-state index in [0.717, 1.165) is 18.6 Å². The van der Waals surface area contributed by atoms with Crippen molar-refractivity contribution in [3.05, 3.63) is 59.4 Å². The molecule has 1 atom stereocenters. The minimum atomic E-state index is -4.41. The fourth-order valence-electron chi connectivity index (χ4n) is 3.35. The molecule has 10 heteroatoms. The number of alkyl halides is 3. The molecule has 3 rings (SSSR count). The SMILES string of the molecule is CCCn1nc(-c2ccc(C(F)(F)F)cc2)nc1C(C)Oc1ccc(OC(C)(C)C(=O)O)c(C)c1. The molecule has 0 amide bonds. The molecule has 1 heterocycles. The zero-order valence-electron chi connectivity index (χ0n) is 20.2. The summed E-state index contributed by atoms with van der Waals surface area (Å²) in [6.07, 6.45) is -4.15. The molecule has 0 spiro atoms. The van der Waals surface area contributed by atoms with Gasteiger partial charge in [0.05, 0.1) is 5.56 Å². The first-order valence-corrected chi connectivity index (χ1v) is 11.1. The first-order chi connectivity index (χ1) is 16.3. The molecule has 1 N–H and O–H groups in total. The number of aromatic nitrogens is 3. The molecule has 2 aromatic carbocycles. The summed E-state index contributed by atoms with van der Waals surface area (Å²) in [7, 11) is 0. The largest absolute Gasteiger partial charge is 0.483 e. The minimum Gasteiger partial charge on any atom is -0.483 e. The van der Waals surface area contributed by atoms with Crippen LogP contribution in [0.5, 0.6) is 11.5 Å². The Morgan fingerprint density at radius 1 is 1.14 bits per heavy atom. The third-order valence-corrected chi connectivity index (χ3v) is 5.31. The van der Waals surface area contributed by atoms with Gasteiger partial charge in [0.15, 0.2) is 23.4 Å². The molecule has 0 aliphatic heterocycles. The van der Waals surface area contributed by atoms with Crippen LogP contribution in [0.15, 0.2) is 42.5 Å². The van der Waals surface area contributed by atoms with Crippen LogP contribution in [0.4, 0.5) is 13.2 Å². The average molecular weight is 492 g/mol. The Kier molecular flexibility index (Phi) is 7.42. The van der Waals surface area contributed by atoms with Gasteiger partial charge < -0.3 is 14.6 Å². The van der Waals surface area contributed by atoms with Crippen LogP contribution in [0.2, 0.25) is 0 Å². The second kappa shape index (κ2) is 9.97. The Morgan fingerprint density at radius 3 is 2.34 bits per heavy atom. The van der Waals surface area contributed by atoms with Gasteiger partial charge in [-0.1, -0.05) is 19.1 Å². The fraction of sp³-hybridized carbons (Fsp3) is 0.400. The van der Waals surface area contributed by atoms with Gasteiger partial charge in [-0.3, -0.25) is 0 Å². The maximum atomic E-state index is 12.9. The molecule has 1 unspecified atom stereocenters. The lowest BCUT2D eigenvalue weighted by Crippen LogP contribution is -2.38. The highest BCUT2D eigenvalue weighted by molar-refractivity contribution is 5.76. The van der Waals surface area contributed by atoms with Gasteiger partial charge in [0.1, 0.15) is 11.5 Å². The van der Waals surface area contributed by atoms with E-state index < -0.39 is 29.4 Å². The predicted molar refractivity (Wildman–Crippen MR) is 123 cm³/mol. The molecule has 35 heavy (non-hydrogen) atoms. The summed E-state index contributed by atoms with van der Waals surface area (Å²) in [5, 5.41) is 13.8. The summed E-state index contributed by atoms with van der Waals surface area (Å²) in [5.41, 5.74) is -0.948. The van der Waals surface area contributed by atoms with Gasteiger partial charge in [-0.25, -0.2) is 14.5 Å². The molecule has 1 aromatic heterocycles. The summed E-state index contributed by atoms with van der Waals surface area (Å²) < 4.78 is 52.0. The lowest BCUT2D eigenvalue weighted by Gasteiger charge is -2.23. The van der Waals surface area contributed by atoms with Crippen LogP contribution in [-0.4, -0.2) is 31.4 Å². The number of halogens is 3. The summed E-state index contributed by atoms with van der Waals surface area (Å²) in [6, 6.07) is 9.78. The number of hydrogen-bond acceptors (Lipinski definition) is 5. The number of rotatable bonds is 9. The Morgan fingerprint density at radius 2 is 1.80 bits per heavy atom. The van der Waals surface area contributed by atoms with E-state index >= 15 is 0 Å². The summed E-state index contributed by atoms with van der Waals surface area (Å²) in [4.78, 5) is 15.9. The van der Waals surface area contributed by atoms with Crippen molar-refractivity contribution in [1.29, 1.82) is 0 Å². The molecule has 0 saturated heterocycles. The second-order valence-corrected chi connectivity index (χ2v) is 8.70. The molecule has 188 valence electrons. The van der Waals surface area contributed by atoms with E-state index in [9.17, 15) is 23.1 Å². The molecule has 0 saturated carbocycles. The van der Waals surface area contributed by atoms with Crippen LogP contribution in [0.25, 0.3) is 11.4 Å². The fourth-order valence-corrected chi connectivity index (χ4v) is 3.35. The van der Waals surface area contributed by atoms with Gasteiger partial charge in [-0.05, 0) is 70.0 Å². The molecule has 0 fully saturated rings. The van der Waals surface area contributed by atoms with Crippen molar-refractivity contribution in [2.75, 3.05) is 0 Å². The third-order valence-electron chi connectivity index (χ3n) is 5.31. The molecule has 7 nitrogen and oxygen atoms in total. The Bertz CT molecular complexity index is 1190. The molecule has 0 bridgehead atoms. The van der Waals surface area contributed by atoms with E-state index in [1.807, 2.05) is 6.92 Å². The predicted octanol–water partition coefficient (Wildman–Crippen LogP) is 6.06. The summed E-state index contributed by atoms with van der Waals surface area (Å²) in [5.74, 6) is 0.721. The minimum absolute atomic E-state index is 0.313. The second-order valence-electron chi connectivity index (χ2n) is 8.70. The quantitative estimate of drug-likeness (QED) is 0.391. The van der Waals surface area contributed by atoms with Gasteiger partial charge in [0.25, 0.3) is 0 Å². The molecule has 3 aromatic rings. The van der Waals surface area contributed by atoms with Crippen LogP contribution >= 0.6 is 0 Å². The highest BCUT2D eigenvalue weighted by Crippen LogP contribution is 2.32. The Balaban J connectivity index is 1.82. The van der Waals surface area contributed by atoms with Crippen LogP contribution in [-0.2, 0) is 17.5 Å². The van der Waals surface area contributed by atoms with Gasteiger partial charge in [-0.2, -0.15) is 18.3 Å². The summed E-state index contributed by atoms with van der Waals surface area (Å²) in [6.45, 7) is 9.07. The standard InChI is InChI=1S/C25H28F3N3O4/c1-6-13-31-22(29-21(30-31)17-7-9-18(10-8-17)25(26,27)28)16(3)34-19-11-12-20(15(2)14-19)35-24(4,5)23(32)33/h7-12,14,16H,6,13H2,1-5H3,(H,32,33). The van der Waals surface area contributed by atoms with Gasteiger partial charge in [-0.15, -0.1) is 0 Å². The van der Waals surface area contributed by atoms with Crippen molar-refractivity contribution < 1.29 is 32.5 Å². The van der Waals surface area contributed by atoms with Crippen LogP contribution in [0, 0.1) is 6.92 Å². The molecular weight excluding hydrogens is 463 g/mol. The van der Waals surface area contributed by atoms with Crippen molar-refractivity contribution >= 4 is 5.97 Å². The summed E-state index contributed by atoms with van der Waals surface area (Å²) >= 11 is 0. The van der Waals surface area contributed by atoms with Crippen molar-refractivity contribution in [3.8, 4) is 22.9 Å². The molecule has 0 aliphatic rings. The number of aryl methyl sites for hydroxylation is 2. The average Bonchev–Trinajstić information content (AvgIpc) is 3.19. The molecular formula is C25H28F3N3O4. The maximum Gasteiger partial charge on any atom is 0.416 e. The first kappa shape index (κ1) is 26.1. The number of aliphatic carboxylic acids is 1. The van der Waals surface area contributed by atoms with Crippen LogP contribution in [0.3, 0.4) is 0 Å². The first-order valence-electron chi connectivity index (χ1n) is 11.1. The normalized spacial score (nSPS) is 12.9. The van der Waals surface area contributed by atoms with E-state index in [1.54, 1.807) is 36.7 Å². The number of hydrogen-bond donors (Lipinski definition) is 1. The maximum absolute atomic E-state index is 12.9. The third kappa shape index (κ3) is 6.12. The monoisotopic (exact) mass is 491 g/mol. The number of carboxylic acid groups (broad SMARTS) is 1. The topological polar surface area (TPSA) is 86.5 Å². The highest BCUT2D eigenvalue weighted by Gasteiger charge is 2.31. The zero-order valence-corrected chi connectivity index (χ0v) is 20.2. The van der Waals surface area contributed by atoms with Gasteiger partial charge >= 0.3 is 12.1 Å². The van der Waals surface area contributed by atoms with Crippen molar-refractivity contribution in [3.63, 3.8) is 0 Å². The lowest BCUT2D eigenvalue weighted by molar-refractivity contribution is -0.152. The van der Waals surface area contributed by atoms with E-state index in [4.69, 9.17) is 9.47 Å². The molecule has 0 aliphatic carbocycles. The van der Waals surface area contributed by atoms with Crippen molar-refractivity contribution in [2.45, 2.75) is 65.5 Å². The van der Waals surface area contributed by atoms with Crippen LogP contribution in [0.1, 0.15) is 57.2 Å². The van der Waals surface area contributed by atoms with Gasteiger partial charge in [0, 0.05) is 12.1 Å². The highest BCUT2D eigenvalue weighted by atomic mass is 19.4. The van der Waals surface area contributed by atoms with E-state index in [0.29, 0.717) is 40.8 Å². The number of carbonyl (C=O) groups is 1. The smallest absolute Gasteiger partial charge is 0.416 e.